The first-order valence-electron chi connectivity index (χ1n) is 5.02. The Labute approximate surface area is 76.5 Å². The van der Waals surface area contributed by atoms with Crippen molar-refractivity contribution < 1.29 is 4.80 Å². The molecule has 0 spiro atoms. The molecule has 71 valence electrons. The maximum atomic E-state index is 11.4. The van der Waals surface area contributed by atoms with Crippen LogP contribution in [-0.2, 0) is 4.80 Å². The number of hydrogen-bond donors (Lipinski definition) is 1. The fourth-order valence-corrected chi connectivity index (χ4v) is 2.48. The van der Waals surface area contributed by atoms with Crippen molar-refractivity contribution in [2.45, 2.75) is 51.2 Å². The second-order valence-corrected chi connectivity index (χ2v) is 8.35. The monoisotopic (exact) mass is 186 g/mol. The van der Waals surface area contributed by atoms with E-state index < -0.39 is 8.32 Å². The minimum atomic E-state index is -2.10. The number of rotatable bonds is 3. The molecule has 0 unspecified atom stereocenters. The normalized spacial score (nSPS) is 21.2. The van der Waals surface area contributed by atoms with Crippen LogP contribution in [0.2, 0.25) is 13.1 Å². The van der Waals surface area contributed by atoms with Gasteiger partial charge in [-0.2, -0.15) is 0 Å². The fraction of sp³-hybridized carbons (Fsp3) is 1.00. The first kappa shape index (κ1) is 10.2. The Morgan fingerprint density at radius 3 is 2.33 bits per heavy atom. The highest BCUT2D eigenvalue weighted by Crippen LogP contribution is 2.17. The van der Waals surface area contributed by atoms with Gasteiger partial charge in [-0.15, -0.1) is 0 Å². The van der Waals surface area contributed by atoms with Gasteiger partial charge in [0, 0.05) is 12.2 Å². The molecule has 0 amide bonds. The lowest BCUT2D eigenvalue weighted by Gasteiger charge is -2.24. The first-order valence-corrected chi connectivity index (χ1v) is 8.13. The van der Waals surface area contributed by atoms with Crippen LogP contribution in [0.1, 0.15) is 32.1 Å². The topological polar surface area (TPSA) is 31.9 Å². The molecule has 0 aromatic rings. The molecular weight excluding hydrogens is 166 g/mol. The summed E-state index contributed by atoms with van der Waals surface area (Å²) in [7, 11) is -2.10. The molecule has 0 aromatic carbocycles. The van der Waals surface area contributed by atoms with Gasteiger partial charge in [0.15, 0.2) is 0 Å². The van der Waals surface area contributed by atoms with Gasteiger partial charge in [0.25, 0.3) is 0 Å². The summed E-state index contributed by atoms with van der Waals surface area (Å²) in [4.78, 5) is 11.4. The van der Waals surface area contributed by atoms with Crippen LogP contribution in [0.15, 0.2) is 0 Å². The molecule has 2 nitrogen and oxygen atoms in total. The second kappa shape index (κ2) is 4.39. The van der Waals surface area contributed by atoms with E-state index in [1.54, 1.807) is 0 Å². The third-order valence-electron chi connectivity index (χ3n) is 2.42. The Morgan fingerprint density at radius 2 is 1.83 bits per heavy atom. The molecule has 1 fully saturated rings. The number of nitrogens with one attached hydrogen (secondary N) is 1. The van der Waals surface area contributed by atoms with E-state index in [1.807, 2.05) is 13.1 Å². The maximum Gasteiger partial charge on any atom is 0.244 e. The van der Waals surface area contributed by atoms with E-state index in [2.05, 4.69) is 5.32 Å². The van der Waals surface area contributed by atoms with E-state index >= 15 is 0 Å². The van der Waals surface area contributed by atoms with Crippen LogP contribution in [0.3, 0.4) is 0 Å². The van der Waals surface area contributed by atoms with Crippen molar-refractivity contribution in [1.29, 1.82) is 0 Å². The molecule has 1 aliphatic carbocycles. The summed E-state index contributed by atoms with van der Waals surface area (Å²) in [6.45, 7) is 3.76. The van der Waals surface area contributed by atoms with E-state index in [9.17, 15) is 4.80 Å². The summed E-state index contributed by atoms with van der Waals surface area (Å²) in [5.41, 5.74) is 0. The van der Waals surface area contributed by atoms with Gasteiger partial charge in [-0.25, -0.2) is 0 Å². The predicted molar refractivity (Wildman–Crippen MR) is 53.0 cm³/mol. The summed E-state index contributed by atoms with van der Waals surface area (Å²) in [5.74, 6) is 0. The summed E-state index contributed by atoms with van der Waals surface area (Å²) >= 11 is 0. The largest absolute Gasteiger partial charge is 0.314 e. The Balaban J connectivity index is 2.13. The zero-order valence-corrected chi connectivity index (χ0v) is 9.23. The zero-order valence-electron chi connectivity index (χ0n) is 8.23. The lowest BCUT2D eigenvalue weighted by atomic mass is 9.96. The molecule has 1 N–H and O–H groups in total. The van der Waals surface area contributed by atoms with E-state index in [0.29, 0.717) is 6.04 Å². The Kier molecular flexibility index (Phi) is 3.74. The van der Waals surface area contributed by atoms with Crippen LogP contribution in [0.25, 0.3) is 0 Å². The van der Waals surface area contributed by atoms with E-state index in [-0.39, 0.29) is 0 Å². The summed E-state index contributed by atoms with van der Waals surface area (Å²) in [6, 6.07) is 0.652. The summed E-state index contributed by atoms with van der Waals surface area (Å²) in [6.07, 6.45) is 7.39. The highest BCUT2D eigenvalue weighted by molar-refractivity contribution is 6.69. The molecule has 0 aliphatic heterocycles. The lowest BCUT2D eigenvalue weighted by Crippen LogP contribution is -2.44. The van der Waals surface area contributed by atoms with E-state index in [0.717, 1.165) is 6.17 Å². The van der Waals surface area contributed by atoms with E-state index in [1.165, 1.54) is 32.1 Å². The molecule has 12 heavy (non-hydrogen) atoms. The Hall–Kier alpha value is 0.137. The predicted octanol–water partition coefficient (Wildman–Crippen LogP) is 2.08. The molecule has 1 saturated carbocycles. The SMILES string of the molecule is C[Si](C)([O])CNC1CCCCC1. The first-order chi connectivity index (χ1) is 5.58. The molecular formula is C9H20NOSi. The van der Waals surface area contributed by atoms with Gasteiger partial charge in [-0.3, -0.25) is 4.80 Å². The summed E-state index contributed by atoms with van der Waals surface area (Å²) < 4.78 is 0. The van der Waals surface area contributed by atoms with Crippen molar-refractivity contribution in [1.82, 2.24) is 5.32 Å². The van der Waals surface area contributed by atoms with Crippen LogP contribution in [-0.4, -0.2) is 20.5 Å². The third-order valence-corrected chi connectivity index (χ3v) is 3.48. The number of hydrogen-bond acceptors (Lipinski definition) is 1. The van der Waals surface area contributed by atoms with Crippen molar-refractivity contribution >= 4 is 8.32 Å². The van der Waals surface area contributed by atoms with Gasteiger partial charge in [-0.05, 0) is 25.9 Å². The average Bonchev–Trinajstić information content (AvgIpc) is 2.02. The third kappa shape index (κ3) is 4.23. The van der Waals surface area contributed by atoms with Crippen LogP contribution >= 0.6 is 0 Å². The van der Waals surface area contributed by atoms with Crippen LogP contribution in [0.4, 0.5) is 0 Å². The molecule has 0 atom stereocenters. The van der Waals surface area contributed by atoms with Gasteiger partial charge in [0.1, 0.15) is 0 Å². The summed E-state index contributed by atoms with van der Waals surface area (Å²) in [5, 5.41) is 3.41. The van der Waals surface area contributed by atoms with Crippen molar-refractivity contribution in [2.24, 2.45) is 0 Å². The standard InChI is InChI=1S/C9H20NOSi/c1-12(2,11)8-10-9-6-4-3-5-7-9/h9-10H,3-8H2,1-2H3. The van der Waals surface area contributed by atoms with Gasteiger partial charge < -0.3 is 5.32 Å². The molecule has 0 bridgehead atoms. The molecule has 1 radical (unpaired) electrons. The molecule has 1 rings (SSSR count). The van der Waals surface area contributed by atoms with Crippen molar-refractivity contribution in [3.63, 3.8) is 0 Å². The quantitative estimate of drug-likeness (QED) is 0.672. The minimum Gasteiger partial charge on any atom is -0.314 e. The molecule has 0 heterocycles. The zero-order chi connectivity index (χ0) is 9.03. The second-order valence-electron chi connectivity index (χ2n) is 4.48. The fourth-order valence-electron chi connectivity index (χ4n) is 1.70. The maximum absolute atomic E-state index is 11.4. The van der Waals surface area contributed by atoms with Crippen molar-refractivity contribution in [3.8, 4) is 0 Å². The van der Waals surface area contributed by atoms with E-state index in [4.69, 9.17) is 0 Å². The smallest absolute Gasteiger partial charge is 0.244 e. The average molecular weight is 186 g/mol. The molecule has 0 aromatic heterocycles. The lowest BCUT2D eigenvalue weighted by molar-refractivity contribution is 0.368. The molecule has 3 heteroatoms. The Morgan fingerprint density at radius 1 is 1.25 bits per heavy atom. The highest BCUT2D eigenvalue weighted by atomic mass is 28.4. The highest BCUT2D eigenvalue weighted by Gasteiger charge is 2.22. The van der Waals surface area contributed by atoms with Crippen molar-refractivity contribution in [2.75, 3.05) is 6.17 Å². The van der Waals surface area contributed by atoms with Gasteiger partial charge in [0.2, 0.25) is 8.32 Å². The van der Waals surface area contributed by atoms with Crippen molar-refractivity contribution in [3.05, 3.63) is 0 Å². The molecule has 1 aliphatic rings. The molecule has 0 saturated heterocycles. The Bertz CT molecular complexity index is 127. The van der Waals surface area contributed by atoms with Gasteiger partial charge in [0.05, 0.1) is 0 Å². The van der Waals surface area contributed by atoms with Crippen LogP contribution in [0, 0.1) is 0 Å². The van der Waals surface area contributed by atoms with Gasteiger partial charge >= 0.3 is 0 Å². The minimum absolute atomic E-state index is 0.652. The van der Waals surface area contributed by atoms with Crippen LogP contribution < -0.4 is 5.32 Å². The van der Waals surface area contributed by atoms with Crippen LogP contribution in [0.5, 0.6) is 0 Å². The van der Waals surface area contributed by atoms with Gasteiger partial charge in [-0.1, -0.05) is 19.3 Å².